The third-order valence-electron chi connectivity index (χ3n) is 4.20. The second-order valence-corrected chi connectivity index (χ2v) is 8.06. The number of sulfonamides is 1. The van der Waals surface area contributed by atoms with E-state index in [0.29, 0.717) is 25.2 Å². The van der Waals surface area contributed by atoms with Gasteiger partial charge in [-0.3, -0.25) is 4.79 Å². The molecule has 0 bridgehead atoms. The predicted molar refractivity (Wildman–Crippen MR) is 94.0 cm³/mol. The minimum Gasteiger partial charge on any atom is -0.326 e. The number of rotatable bonds is 5. The summed E-state index contributed by atoms with van der Waals surface area (Å²) in [6.07, 6.45) is 0.537. The zero-order valence-electron chi connectivity index (χ0n) is 13.6. The summed E-state index contributed by atoms with van der Waals surface area (Å²) >= 11 is 0. The lowest BCUT2D eigenvalue weighted by Gasteiger charge is -2.28. The van der Waals surface area contributed by atoms with Gasteiger partial charge in [-0.05, 0) is 41.8 Å². The summed E-state index contributed by atoms with van der Waals surface area (Å²) in [5.41, 5.74) is 2.62. The summed E-state index contributed by atoms with van der Waals surface area (Å²) in [7, 11) is -3.51. The van der Waals surface area contributed by atoms with Crippen LogP contribution in [0.5, 0.6) is 0 Å². The molecule has 2 aromatic rings. The van der Waals surface area contributed by atoms with E-state index in [1.807, 2.05) is 24.3 Å². The molecule has 25 heavy (non-hydrogen) atoms. The van der Waals surface area contributed by atoms with Gasteiger partial charge in [-0.25, -0.2) is 12.8 Å². The highest BCUT2D eigenvalue weighted by atomic mass is 32.2. The van der Waals surface area contributed by atoms with Gasteiger partial charge in [-0.1, -0.05) is 24.3 Å². The fraction of sp³-hybridized carbons (Fsp3) is 0.278. The molecule has 0 fully saturated rings. The fourth-order valence-corrected chi connectivity index (χ4v) is 4.22. The summed E-state index contributed by atoms with van der Waals surface area (Å²) in [6.45, 7) is 0.775. The first-order chi connectivity index (χ1) is 11.9. The molecule has 1 aliphatic rings. The summed E-state index contributed by atoms with van der Waals surface area (Å²) in [5, 5.41) is 2.57. The monoisotopic (exact) mass is 362 g/mol. The van der Waals surface area contributed by atoms with Gasteiger partial charge in [-0.2, -0.15) is 4.31 Å². The molecule has 0 saturated heterocycles. The molecule has 1 heterocycles. The van der Waals surface area contributed by atoms with Crippen LogP contribution in [-0.2, 0) is 27.8 Å². The van der Waals surface area contributed by atoms with E-state index in [4.69, 9.17) is 0 Å². The van der Waals surface area contributed by atoms with Gasteiger partial charge in [0, 0.05) is 25.2 Å². The van der Waals surface area contributed by atoms with Crippen LogP contribution in [0.1, 0.15) is 17.5 Å². The van der Waals surface area contributed by atoms with Gasteiger partial charge < -0.3 is 5.32 Å². The van der Waals surface area contributed by atoms with Crippen LogP contribution in [-0.4, -0.2) is 30.9 Å². The molecule has 2 aromatic carbocycles. The minimum atomic E-state index is -3.51. The van der Waals surface area contributed by atoms with E-state index in [1.54, 1.807) is 0 Å². The highest BCUT2D eigenvalue weighted by Gasteiger charge is 2.26. The molecule has 3 rings (SSSR count). The molecule has 1 N–H and O–H groups in total. The van der Waals surface area contributed by atoms with Crippen molar-refractivity contribution in [3.63, 3.8) is 0 Å². The van der Waals surface area contributed by atoms with Crippen molar-refractivity contribution < 1.29 is 17.6 Å². The van der Waals surface area contributed by atoms with E-state index in [1.165, 1.54) is 34.1 Å². The van der Waals surface area contributed by atoms with Gasteiger partial charge in [0.1, 0.15) is 5.82 Å². The topological polar surface area (TPSA) is 66.5 Å². The Morgan fingerprint density at radius 2 is 1.76 bits per heavy atom. The van der Waals surface area contributed by atoms with E-state index < -0.39 is 21.7 Å². The minimum absolute atomic E-state index is 0.141. The molecule has 0 aliphatic carbocycles. The lowest BCUT2D eigenvalue weighted by atomic mass is 10.0. The standard InChI is InChI=1S/C18H19FN2O3S/c19-16-5-7-17(8-6-16)20-18(22)10-12-25(23,24)21-11-9-14-3-1-2-4-15(14)13-21/h1-8H,9-13H2,(H,20,22). The van der Waals surface area contributed by atoms with E-state index in [-0.39, 0.29) is 12.2 Å². The first-order valence-electron chi connectivity index (χ1n) is 8.04. The van der Waals surface area contributed by atoms with Gasteiger partial charge in [0.2, 0.25) is 15.9 Å². The molecule has 132 valence electrons. The average molecular weight is 362 g/mol. The normalized spacial score (nSPS) is 14.8. The van der Waals surface area contributed by atoms with Crippen LogP contribution in [0.25, 0.3) is 0 Å². The number of anilines is 1. The van der Waals surface area contributed by atoms with Crippen molar-refractivity contribution >= 4 is 21.6 Å². The Kier molecular flexibility index (Phi) is 5.15. The molecular formula is C18H19FN2O3S. The molecule has 1 amide bonds. The quantitative estimate of drug-likeness (QED) is 0.889. The molecule has 0 spiro atoms. The Hall–Kier alpha value is -2.25. The zero-order valence-corrected chi connectivity index (χ0v) is 14.4. The van der Waals surface area contributed by atoms with Crippen LogP contribution in [0.2, 0.25) is 0 Å². The lowest BCUT2D eigenvalue weighted by Crippen LogP contribution is -2.38. The number of hydrogen-bond acceptors (Lipinski definition) is 3. The number of benzene rings is 2. The summed E-state index contributed by atoms with van der Waals surface area (Å²) in [5.74, 6) is -1.05. The molecule has 0 atom stereocenters. The molecule has 5 nitrogen and oxygen atoms in total. The molecule has 0 unspecified atom stereocenters. The molecule has 0 saturated carbocycles. The number of fused-ring (bicyclic) bond motifs is 1. The second kappa shape index (κ2) is 7.33. The van der Waals surface area contributed by atoms with Gasteiger partial charge in [0.05, 0.1) is 5.75 Å². The number of hydrogen-bond donors (Lipinski definition) is 1. The molecule has 0 aromatic heterocycles. The molecule has 0 radical (unpaired) electrons. The van der Waals surface area contributed by atoms with Crippen molar-refractivity contribution in [1.82, 2.24) is 4.31 Å². The van der Waals surface area contributed by atoms with Gasteiger partial charge in [0.15, 0.2) is 0 Å². The Morgan fingerprint density at radius 1 is 1.08 bits per heavy atom. The van der Waals surface area contributed by atoms with Crippen LogP contribution in [0.15, 0.2) is 48.5 Å². The van der Waals surface area contributed by atoms with E-state index in [2.05, 4.69) is 5.32 Å². The highest BCUT2D eigenvalue weighted by Crippen LogP contribution is 2.21. The first kappa shape index (κ1) is 17.6. The van der Waals surface area contributed by atoms with Crippen LogP contribution >= 0.6 is 0 Å². The Labute approximate surface area is 146 Å². The van der Waals surface area contributed by atoms with Crippen molar-refractivity contribution in [1.29, 1.82) is 0 Å². The maximum absolute atomic E-state index is 12.8. The van der Waals surface area contributed by atoms with Crippen molar-refractivity contribution in [2.75, 3.05) is 17.6 Å². The number of carbonyl (C=O) groups is 1. The third-order valence-corrected chi connectivity index (χ3v) is 6.02. The molecular weight excluding hydrogens is 343 g/mol. The summed E-state index contributed by atoms with van der Waals surface area (Å²) in [6, 6.07) is 13.1. The first-order valence-corrected chi connectivity index (χ1v) is 9.65. The van der Waals surface area contributed by atoms with E-state index >= 15 is 0 Å². The smallest absolute Gasteiger partial charge is 0.225 e. The van der Waals surface area contributed by atoms with E-state index in [9.17, 15) is 17.6 Å². The average Bonchev–Trinajstić information content (AvgIpc) is 2.62. The van der Waals surface area contributed by atoms with Crippen molar-refractivity contribution in [2.24, 2.45) is 0 Å². The Balaban J connectivity index is 1.57. The Morgan fingerprint density at radius 3 is 2.48 bits per heavy atom. The van der Waals surface area contributed by atoms with Gasteiger partial charge in [0.25, 0.3) is 0 Å². The zero-order chi connectivity index (χ0) is 17.9. The third kappa shape index (κ3) is 4.43. The van der Waals surface area contributed by atoms with Gasteiger partial charge in [-0.15, -0.1) is 0 Å². The van der Waals surface area contributed by atoms with Crippen LogP contribution < -0.4 is 5.32 Å². The summed E-state index contributed by atoms with van der Waals surface area (Å²) in [4.78, 5) is 11.9. The number of carbonyl (C=O) groups excluding carboxylic acids is 1. The summed E-state index contributed by atoms with van der Waals surface area (Å²) < 4.78 is 39.3. The molecule has 7 heteroatoms. The SMILES string of the molecule is O=C(CCS(=O)(=O)N1CCc2ccccc2C1)Nc1ccc(F)cc1. The number of nitrogens with one attached hydrogen (secondary N) is 1. The van der Waals surface area contributed by atoms with Crippen LogP contribution in [0.4, 0.5) is 10.1 Å². The van der Waals surface area contributed by atoms with Crippen LogP contribution in [0.3, 0.4) is 0 Å². The van der Waals surface area contributed by atoms with Crippen molar-refractivity contribution in [3.8, 4) is 0 Å². The fourth-order valence-electron chi connectivity index (χ4n) is 2.81. The van der Waals surface area contributed by atoms with Crippen molar-refractivity contribution in [3.05, 3.63) is 65.5 Å². The Bertz CT molecular complexity index is 866. The van der Waals surface area contributed by atoms with Crippen molar-refractivity contribution in [2.45, 2.75) is 19.4 Å². The molecule has 1 aliphatic heterocycles. The largest absolute Gasteiger partial charge is 0.326 e. The predicted octanol–water partition coefficient (Wildman–Crippen LogP) is 2.54. The van der Waals surface area contributed by atoms with Crippen LogP contribution in [0, 0.1) is 5.82 Å². The highest BCUT2D eigenvalue weighted by molar-refractivity contribution is 7.89. The maximum Gasteiger partial charge on any atom is 0.225 e. The lowest BCUT2D eigenvalue weighted by molar-refractivity contribution is -0.115. The number of nitrogens with zero attached hydrogens (tertiary/aromatic N) is 1. The number of amides is 1. The van der Waals surface area contributed by atoms with E-state index in [0.717, 1.165) is 5.56 Å². The second-order valence-electron chi connectivity index (χ2n) is 5.97. The maximum atomic E-state index is 12.8. The number of halogens is 1. The van der Waals surface area contributed by atoms with Gasteiger partial charge >= 0.3 is 0 Å².